The molecule has 1 saturated carbocycles. The Morgan fingerprint density at radius 1 is 1.60 bits per heavy atom. The molecular weight excluding hydrogens is 201 g/mol. The average molecular weight is 211 g/mol. The summed E-state index contributed by atoms with van der Waals surface area (Å²) < 4.78 is 12.9. The second kappa shape index (κ2) is 3.47. The van der Waals surface area contributed by atoms with Gasteiger partial charge >= 0.3 is 0 Å². The van der Waals surface area contributed by atoms with E-state index in [0.717, 1.165) is 24.6 Å². The molecule has 6 heteroatoms. The molecule has 0 heterocycles. The molecule has 2 atom stereocenters. The van der Waals surface area contributed by atoms with Gasteiger partial charge in [-0.25, -0.2) is 4.39 Å². The predicted octanol–water partition coefficient (Wildman–Crippen LogP) is 1.25. The molecule has 1 aliphatic carbocycles. The number of nitrogens with one attached hydrogen (secondary N) is 1. The van der Waals surface area contributed by atoms with Crippen molar-refractivity contribution in [2.45, 2.75) is 18.5 Å². The predicted molar refractivity (Wildman–Crippen MR) is 53.1 cm³/mol. The van der Waals surface area contributed by atoms with Gasteiger partial charge in [-0.1, -0.05) is 0 Å². The number of nitrogens with two attached hydrogens (primary N) is 1. The number of nitro benzene ring substituents is 1. The third kappa shape index (κ3) is 2.04. The molecule has 0 saturated heterocycles. The molecule has 15 heavy (non-hydrogen) atoms. The summed E-state index contributed by atoms with van der Waals surface area (Å²) in [5.41, 5.74) is 5.62. The largest absolute Gasteiger partial charge is 0.375 e. The van der Waals surface area contributed by atoms with Crippen LogP contribution in [0.2, 0.25) is 0 Å². The minimum Gasteiger partial charge on any atom is -0.375 e. The molecule has 80 valence electrons. The van der Waals surface area contributed by atoms with Crippen molar-refractivity contribution >= 4 is 11.4 Å². The highest BCUT2D eigenvalue weighted by Gasteiger charge is 2.34. The first kappa shape index (κ1) is 9.85. The van der Waals surface area contributed by atoms with E-state index in [4.69, 9.17) is 5.73 Å². The Morgan fingerprint density at radius 3 is 2.80 bits per heavy atom. The number of hydrogen-bond donors (Lipinski definition) is 2. The van der Waals surface area contributed by atoms with E-state index in [1.165, 1.54) is 0 Å². The van der Waals surface area contributed by atoms with Gasteiger partial charge in [-0.3, -0.25) is 10.1 Å². The molecule has 1 aromatic rings. The molecule has 1 aromatic carbocycles. The summed E-state index contributed by atoms with van der Waals surface area (Å²) >= 11 is 0. The first-order chi connectivity index (χ1) is 7.08. The van der Waals surface area contributed by atoms with Crippen LogP contribution in [0.15, 0.2) is 18.2 Å². The van der Waals surface area contributed by atoms with Gasteiger partial charge in [0.05, 0.1) is 4.92 Å². The number of benzene rings is 1. The van der Waals surface area contributed by atoms with Gasteiger partial charge in [0.1, 0.15) is 11.5 Å². The van der Waals surface area contributed by atoms with Gasteiger partial charge < -0.3 is 11.1 Å². The van der Waals surface area contributed by atoms with E-state index in [2.05, 4.69) is 5.32 Å². The number of rotatable bonds is 3. The molecule has 0 aliphatic heterocycles. The van der Waals surface area contributed by atoms with Crippen molar-refractivity contribution < 1.29 is 9.31 Å². The van der Waals surface area contributed by atoms with Crippen molar-refractivity contribution in [3.8, 4) is 0 Å². The molecule has 0 radical (unpaired) electrons. The van der Waals surface area contributed by atoms with Crippen molar-refractivity contribution in [2.75, 3.05) is 5.32 Å². The Kier molecular flexibility index (Phi) is 2.28. The van der Waals surface area contributed by atoms with Crippen LogP contribution >= 0.6 is 0 Å². The lowest BCUT2D eigenvalue weighted by molar-refractivity contribution is -0.384. The summed E-state index contributed by atoms with van der Waals surface area (Å²) in [7, 11) is 0. The van der Waals surface area contributed by atoms with Crippen LogP contribution in [0.5, 0.6) is 0 Å². The Labute approximate surface area is 85.2 Å². The first-order valence-electron chi connectivity index (χ1n) is 4.54. The second-order valence-corrected chi connectivity index (χ2v) is 3.57. The maximum Gasteiger partial charge on any atom is 0.292 e. The monoisotopic (exact) mass is 211 g/mol. The van der Waals surface area contributed by atoms with Crippen LogP contribution in [-0.4, -0.2) is 17.0 Å². The highest BCUT2D eigenvalue weighted by Crippen LogP contribution is 2.30. The van der Waals surface area contributed by atoms with E-state index in [1.54, 1.807) is 0 Å². The zero-order chi connectivity index (χ0) is 11.0. The van der Waals surface area contributed by atoms with Gasteiger partial charge in [0.25, 0.3) is 5.69 Å². The molecule has 5 nitrogen and oxygen atoms in total. The topological polar surface area (TPSA) is 81.2 Å². The number of nitrogens with zero attached hydrogens (tertiary/aromatic N) is 1. The Morgan fingerprint density at radius 2 is 2.27 bits per heavy atom. The molecule has 3 N–H and O–H groups in total. The summed E-state index contributed by atoms with van der Waals surface area (Å²) in [5.74, 6) is -0.502. The number of anilines is 1. The van der Waals surface area contributed by atoms with Gasteiger partial charge in [0.2, 0.25) is 0 Å². The van der Waals surface area contributed by atoms with Crippen LogP contribution < -0.4 is 11.1 Å². The maximum absolute atomic E-state index is 12.9. The van der Waals surface area contributed by atoms with Crippen molar-refractivity contribution in [3.63, 3.8) is 0 Å². The SMILES string of the molecule is NC1CC1Nc1cc(F)ccc1[N+](=O)[O-]. The first-order valence-corrected chi connectivity index (χ1v) is 4.54. The standard InChI is InChI=1S/C9H10FN3O2/c10-5-1-2-9(13(14)15)8(3-5)12-7-4-6(7)11/h1-3,6-7,12H,4,11H2. The highest BCUT2D eigenvalue weighted by atomic mass is 19.1. The van der Waals surface area contributed by atoms with Crippen LogP contribution in [0.4, 0.5) is 15.8 Å². The van der Waals surface area contributed by atoms with E-state index in [-0.39, 0.29) is 23.5 Å². The zero-order valence-electron chi connectivity index (χ0n) is 7.81. The third-order valence-electron chi connectivity index (χ3n) is 2.34. The summed E-state index contributed by atoms with van der Waals surface area (Å²) in [5, 5.41) is 13.5. The third-order valence-corrected chi connectivity index (χ3v) is 2.34. The van der Waals surface area contributed by atoms with E-state index >= 15 is 0 Å². The summed E-state index contributed by atoms with van der Waals surface area (Å²) in [6.45, 7) is 0. The molecule has 0 amide bonds. The van der Waals surface area contributed by atoms with Crippen molar-refractivity contribution in [1.82, 2.24) is 0 Å². The number of hydrogen-bond acceptors (Lipinski definition) is 4. The van der Waals surface area contributed by atoms with Crippen LogP contribution in [0.25, 0.3) is 0 Å². The van der Waals surface area contributed by atoms with Gasteiger partial charge in [-0.15, -0.1) is 0 Å². The van der Waals surface area contributed by atoms with Crippen LogP contribution in [0, 0.1) is 15.9 Å². The minimum absolute atomic E-state index is 0.00729. The second-order valence-electron chi connectivity index (χ2n) is 3.57. The minimum atomic E-state index is -0.546. The molecule has 0 bridgehead atoms. The van der Waals surface area contributed by atoms with Crippen LogP contribution in [0.3, 0.4) is 0 Å². The smallest absolute Gasteiger partial charge is 0.292 e. The van der Waals surface area contributed by atoms with Crippen molar-refractivity contribution in [1.29, 1.82) is 0 Å². The fourth-order valence-electron chi connectivity index (χ4n) is 1.36. The summed E-state index contributed by atoms with van der Waals surface area (Å²) in [6, 6.07) is 3.35. The van der Waals surface area contributed by atoms with E-state index < -0.39 is 10.7 Å². The van der Waals surface area contributed by atoms with Crippen molar-refractivity contribution in [2.24, 2.45) is 5.73 Å². The Bertz CT molecular complexity index is 410. The molecule has 1 aliphatic rings. The average Bonchev–Trinajstić information content (AvgIpc) is 2.81. The fraction of sp³-hybridized carbons (Fsp3) is 0.333. The maximum atomic E-state index is 12.9. The normalized spacial score (nSPS) is 23.6. The summed E-state index contributed by atoms with van der Waals surface area (Å²) in [6.07, 6.45) is 0.758. The van der Waals surface area contributed by atoms with Gasteiger partial charge in [0, 0.05) is 24.2 Å². The van der Waals surface area contributed by atoms with E-state index in [1.807, 2.05) is 0 Å². The zero-order valence-corrected chi connectivity index (χ0v) is 7.81. The molecule has 2 unspecified atom stereocenters. The quantitative estimate of drug-likeness (QED) is 0.582. The van der Waals surface area contributed by atoms with E-state index in [9.17, 15) is 14.5 Å². The van der Waals surface area contributed by atoms with Crippen LogP contribution in [0.1, 0.15) is 6.42 Å². The fourth-order valence-corrected chi connectivity index (χ4v) is 1.36. The van der Waals surface area contributed by atoms with Crippen LogP contribution in [-0.2, 0) is 0 Å². The molecule has 2 rings (SSSR count). The Hall–Kier alpha value is -1.69. The molecule has 0 spiro atoms. The number of halogens is 1. The lowest BCUT2D eigenvalue weighted by Gasteiger charge is -2.05. The highest BCUT2D eigenvalue weighted by molar-refractivity contribution is 5.62. The van der Waals surface area contributed by atoms with Gasteiger partial charge in [0.15, 0.2) is 0 Å². The molecular formula is C9H10FN3O2. The lowest BCUT2D eigenvalue weighted by atomic mass is 10.2. The van der Waals surface area contributed by atoms with E-state index in [0.29, 0.717) is 0 Å². The molecule has 0 aromatic heterocycles. The van der Waals surface area contributed by atoms with Gasteiger partial charge in [-0.2, -0.15) is 0 Å². The number of nitro groups is 1. The Balaban J connectivity index is 2.26. The van der Waals surface area contributed by atoms with Gasteiger partial charge in [-0.05, 0) is 12.5 Å². The molecule has 1 fully saturated rings. The summed E-state index contributed by atoms with van der Waals surface area (Å²) in [4.78, 5) is 10.1. The van der Waals surface area contributed by atoms with Crippen molar-refractivity contribution in [3.05, 3.63) is 34.1 Å². The lowest BCUT2D eigenvalue weighted by Crippen LogP contribution is -2.14.